The fourth-order valence-corrected chi connectivity index (χ4v) is 10.3. The maximum atomic E-state index is 3.80. The molecule has 3 heteroatoms. The van der Waals surface area contributed by atoms with E-state index in [1.165, 1.54) is 43.1 Å². The van der Waals surface area contributed by atoms with Crippen LogP contribution in [0.25, 0.3) is 0 Å². The highest BCUT2D eigenvalue weighted by atomic mass is 31.1. The Balaban J connectivity index is 1.61. The Morgan fingerprint density at radius 1 is 0.421 bits per heavy atom. The number of hydrogen-bond donors (Lipinski definition) is 1. The van der Waals surface area contributed by atoms with Crippen LogP contribution in [0.1, 0.15) is 11.3 Å². The molecule has 1 heterocycles. The Hall–Kier alpha value is -3.76. The number of benzene rings is 5. The molecule has 38 heavy (non-hydrogen) atoms. The number of rotatable bonds is 8. The van der Waals surface area contributed by atoms with Crippen LogP contribution >= 0.6 is 15.8 Å². The van der Waals surface area contributed by atoms with E-state index in [-0.39, 0.29) is 0 Å². The topological polar surface area (TPSA) is 15.8 Å². The van der Waals surface area contributed by atoms with Crippen LogP contribution in [-0.4, -0.2) is 4.98 Å². The Kier molecular flexibility index (Phi) is 7.59. The SMILES string of the molecule is c1ccc(Cc2[nH]cc(P(c3ccccc3)c3ccccc3)c2P(c2ccccc2)c2ccccc2)cc1. The van der Waals surface area contributed by atoms with E-state index < -0.39 is 15.8 Å². The Bertz CT molecular complexity index is 1490. The van der Waals surface area contributed by atoms with E-state index >= 15 is 0 Å². The van der Waals surface area contributed by atoms with Gasteiger partial charge in [0.2, 0.25) is 0 Å². The van der Waals surface area contributed by atoms with Crippen LogP contribution in [0.15, 0.2) is 158 Å². The van der Waals surface area contributed by atoms with Gasteiger partial charge in [-0.15, -0.1) is 0 Å². The van der Waals surface area contributed by atoms with Crippen molar-refractivity contribution in [2.75, 3.05) is 0 Å². The van der Waals surface area contributed by atoms with Gasteiger partial charge in [-0.1, -0.05) is 152 Å². The number of aromatic amines is 1. The van der Waals surface area contributed by atoms with E-state index in [4.69, 9.17) is 0 Å². The first-order chi connectivity index (χ1) is 18.9. The predicted octanol–water partition coefficient (Wildman–Crippen LogP) is 6.12. The smallest absolute Gasteiger partial charge is 0.0283 e. The third kappa shape index (κ3) is 5.27. The van der Waals surface area contributed by atoms with Gasteiger partial charge < -0.3 is 4.98 Å². The Labute approximate surface area is 227 Å². The lowest BCUT2D eigenvalue weighted by Gasteiger charge is -2.26. The normalized spacial score (nSPS) is 11.2. The summed E-state index contributed by atoms with van der Waals surface area (Å²) >= 11 is 0. The van der Waals surface area contributed by atoms with Gasteiger partial charge in [0.05, 0.1) is 0 Å². The van der Waals surface area contributed by atoms with Crippen molar-refractivity contribution in [3.63, 3.8) is 0 Å². The van der Waals surface area contributed by atoms with Crippen LogP contribution in [0.4, 0.5) is 0 Å². The van der Waals surface area contributed by atoms with Gasteiger partial charge in [0, 0.05) is 28.9 Å². The monoisotopic (exact) mass is 525 g/mol. The molecule has 0 aliphatic heterocycles. The Morgan fingerprint density at radius 2 is 0.789 bits per heavy atom. The Morgan fingerprint density at radius 3 is 1.21 bits per heavy atom. The summed E-state index contributed by atoms with van der Waals surface area (Å²) in [5, 5.41) is 8.37. The summed E-state index contributed by atoms with van der Waals surface area (Å²) in [4.78, 5) is 3.80. The molecule has 0 aliphatic carbocycles. The molecule has 1 nitrogen and oxygen atoms in total. The summed E-state index contributed by atoms with van der Waals surface area (Å²) in [5.74, 6) is 0. The molecule has 0 amide bonds. The third-order valence-electron chi connectivity index (χ3n) is 6.66. The van der Waals surface area contributed by atoms with Crippen LogP contribution in [0.2, 0.25) is 0 Å². The van der Waals surface area contributed by atoms with Crippen molar-refractivity contribution in [3.05, 3.63) is 169 Å². The van der Waals surface area contributed by atoms with Crippen molar-refractivity contribution in [3.8, 4) is 0 Å². The average molecular weight is 526 g/mol. The third-order valence-corrected chi connectivity index (χ3v) is 11.9. The maximum Gasteiger partial charge on any atom is 0.0283 e. The lowest BCUT2D eigenvalue weighted by atomic mass is 10.1. The van der Waals surface area contributed by atoms with E-state index in [2.05, 4.69) is 163 Å². The molecule has 0 spiro atoms. The summed E-state index contributed by atoms with van der Waals surface area (Å²) in [6.07, 6.45) is 3.18. The number of H-pyrrole nitrogens is 1. The highest BCUT2D eigenvalue weighted by molar-refractivity contribution is 7.85. The molecular formula is C35H29NP2. The minimum atomic E-state index is -0.775. The lowest BCUT2D eigenvalue weighted by Crippen LogP contribution is -2.34. The van der Waals surface area contributed by atoms with Gasteiger partial charge in [0.15, 0.2) is 0 Å². The van der Waals surface area contributed by atoms with Gasteiger partial charge in [-0.05, 0) is 42.6 Å². The molecule has 0 atom stereocenters. The summed E-state index contributed by atoms with van der Waals surface area (Å²) in [7, 11) is -1.52. The number of hydrogen-bond acceptors (Lipinski definition) is 0. The highest BCUT2D eigenvalue weighted by Gasteiger charge is 2.29. The van der Waals surface area contributed by atoms with E-state index in [0.29, 0.717) is 0 Å². The zero-order valence-corrected chi connectivity index (χ0v) is 22.9. The van der Waals surface area contributed by atoms with Crippen LogP contribution in [0, 0.1) is 0 Å². The van der Waals surface area contributed by atoms with Crippen molar-refractivity contribution in [2.45, 2.75) is 6.42 Å². The van der Waals surface area contributed by atoms with Gasteiger partial charge in [0.25, 0.3) is 0 Å². The van der Waals surface area contributed by atoms with Gasteiger partial charge in [0.1, 0.15) is 0 Å². The molecule has 0 unspecified atom stereocenters. The molecule has 0 saturated carbocycles. The molecule has 184 valence electrons. The molecule has 6 rings (SSSR count). The van der Waals surface area contributed by atoms with Gasteiger partial charge >= 0.3 is 0 Å². The van der Waals surface area contributed by atoms with Crippen LogP contribution in [0.5, 0.6) is 0 Å². The zero-order chi connectivity index (χ0) is 25.6. The fourth-order valence-electron chi connectivity index (χ4n) is 4.94. The molecule has 0 fully saturated rings. The fraction of sp³-hybridized carbons (Fsp3) is 0.0286. The molecule has 1 N–H and O–H groups in total. The second-order valence-corrected chi connectivity index (χ2v) is 13.5. The first kappa shape index (κ1) is 24.6. The second-order valence-electron chi connectivity index (χ2n) is 9.18. The standard InChI is InChI=1S/C35H29NP2/c1-6-16-28(17-7-1)26-33-35(38(31-22-12-4-13-23-31)32-24-14-5-15-25-32)34(27-36-33)37(29-18-8-2-9-19-29)30-20-10-3-11-21-30/h1-25,27,36H,26H2. The van der Waals surface area contributed by atoms with Gasteiger partial charge in [-0.3, -0.25) is 0 Å². The summed E-state index contributed by atoms with van der Waals surface area (Å²) in [5.41, 5.74) is 2.63. The second kappa shape index (κ2) is 11.7. The van der Waals surface area contributed by atoms with Crippen molar-refractivity contribution < 1.29 is 0 Å². The van der Waals surface area contributed by atoms with Crippen molar-refractivity contribution >= 4 is 47.7 Å². The van der Waals surface area contributed by atoms with Crippen LogP contribution < -0.4 is 31.8 Å². The van der Waals surface area contributed by atoms with Crippen LogP contribution in [0.3, 0.4) is 0 Å². The molecule has 6 aromatic rings. The molecule has 0 radical (unpaired) electrons. The molecule has 0 bridgehead atoms. The largest absolute Gasteiger partial charge is 0.364 e. The van der Waals surface area contributed by atoms with E-state index in [0.717, 1.165) is 6.42 Å². The first-order valence-corrected chi connectivity index (χ1v) is 15.6. The minimum Gasteiger partial charge on any atom is -0.364 e. The number of aromatic nitrogens is 1. The molecular weight excluding hydrogens is 496 g/mol. The summed E-state index contributed by atoms with van der Waals surface area (Å²) in [6.45, 7) is 0. The molecule has 1 aromatic heterocycles. The summed E-state index contributed by atoms with van der Waals surface area (Å²) in [6, 6.07) is 55.0. The van der Waals surface area contributed by atoms with Gasteiger partial charge in [-0.25, -0.2) is 0 Å². The van der Waals surface area contributed by atoms with E-state index in [1.807, 2.05) is 0 Å². The number of nitrogens with one attached hydrogen (secondary N) is 1. The lowest BCUT2D eigenvalue weighted by molar-refractivity contribution is 1.12. The quantitative estimate of drug-likeness (QED) is 0.231. The minimum absolute atomic E-state index is 0.749. The average Bonchev–Trinajstić information content (AvgIpc) is 3.38. The molecule has 0 saturated heterocycles. The van der Waals surface area contributed by atoms with Crippen molar-refractivity contribution in [1.29, 1.82) is 0 Å². The molecule has 0 aliphatic rings. The van der Waals surface area contributed by atoms with Crippen molar-refractivity contribution in [1.82, 2.24) is 4.98 Å². The predicted molar refractivity (Wildman–Crippen MR) is 167 cm³/mol. The van der Waals surface area contributed by atoms with E-state index in [9.17, 15) is 0 Å². The molecule has 5 aromatic carbocycles. The maximum absolute atomic E-state index is 3.80. The highest BCUT2D eigenvalue weighted by Crippen LogP contribution is 2.40. The first-order valence-electron chi connectivity index (χ1n) is 12.9. The zero-order valence-electron chi connectivity index (χ0n) is 21.1. The van der Waals surface area contributed by atoms with Crippen molar-refractivity contribution in [2.24, 2.45) is 0 Å². The summed E-state index contributed by atoms with van der Waals surface area (Å²) < 4.78 is 0. The van der Waals surface area contributed by atoms with E-state index in [1.54, 1.807) is 0 Å². The van der Waals surface area contributed by atoms with Crippen LogP contribution in [-0.2, 0) is 6.42 Å². The van der Waals surface area contributed by atoms with Gasteiger partial charge in [-0.2, -0.15) is 0 Å².